The van der Waals surface area contributed by atoms with E-state index in [0.717, 1.165) is 12.8 Å². The van der Waals surface area contributed by atoms with Gasteiger partial charge in [0.2, 0.25) is 0 Å². The summed E-state index contributed by atoms with van der Waals surface area (Å²) >= 11 is 0. The zero-order chi connectivity index (χ0) is 15.3. The summed E-state index contributed by atoms with van der Waals surface area (Å²) in [6, 6.07) is -0.479. The van der Waals surface area contributed by atoms with Crippen LogP contribution in [0.25, 0.3) is 0 Å². The Bertz CT molecular complexity index is 249. The number of hydrogen-bond donors (Lipinski definition) is 7. The molecule has 0 aromatic carbocycles. The zero-order valence-electron chi connectivity index (χ0n) is 12.3. The Morgan fingerprint density at radius 1 is 0.350 bits per heavy atom. The molecule has 0 aromatic rings. The summed E-state index contributed by atoms with van der Waals surface area (Å²) in [5.41, 5.74) is 42.7. The van der Waals surface area contributed by atoms with E-state index in [9.17, 15) is 0 Å². The van der Waals surface area contributed by atoms with Crippen molar-refractivity contribution in [2.45, 2.75) is 80.8 Å². The van der Waals surface area contributed by atoms with Crippen molar-refractivity contribution in [3.05, 3.63) is 0 Å². The predicted octanol–water partition coefficient (Wildman–Crippen LogP) is -2.37. The number of nitrogens with two attached hydrogens (primary N) is 7. The van der Waals surface area contributed by atoms with Crippen LogP contribution in [0.15, 0.2) is 0 Å². The molecule has 120 valence electrons. The lowest BCUT2D eigenvalue weighted by molar-refractivity contribution is 0.379. The van der Waals surface area contributed by atoms with Crippen LogP contribution in [-0.2, 0) is 0 Å². The highest BCUT2D eigenvalue weighted by molar-refractivity contribution is 4.88. The van der Waals surface area contributed by atoms with Crippen molar-refractivity contribution in [2.75, 3.05) is 0 Å². The minimum absolute atomic E-state index is 0.0116. The third-order valence-corrected chi connectivity index (χ3v) is 4.12. The lowest BCUT2D eigenvalue weighted by Gasteiger charge is -2.26. The quantitative estimate of drug-likeness (QED) is 0.260. The molecule has 1 aliphatic carbocycles. The van der Waals surface area contributed by atoms with Crippen LogP contribution >= 0.6 is 0 Å². The molecule has 7 heteroatoms. The minimum atomic E-state index is -0.158. The van der Waals surface area contributed by atoms with E-state index in [1.165, 1.54) is 0 Å². The van der Waals surface area contributed by atoms with Crippen LogP contribution in [0, 0.1) is 0 Å². The first-order chi connectivity index (χ1) is 9.27. The summed E-state index contributed by atoms with van der Waals surface area (Å²) in [7, 11) is 0. The summed E-state index contributed by atoms with van der Waals surface area (Å²) in [5, 5.41) is 0. The van der Waals surface area contributed by atoms with Crippen LogP contribution in [0.4, 0.5) is 0 Å². The number of hydrogen-bond acceptors (Lipinski definition) is 7. The molecule has 1 aliphatic rings. The molecule has 7 nitrogen and oxygen atoms in total. The second-order valence-corrected chi connectivity index (χ2v) is 6.54. The van der Waals surface area contributed by atoms with E-state index < -0.39 is 0 Å². The van der Waals surface area contributed by atoms with E-state index in [-0.39, 0.29) is 42.3 Å². The largest absolute Gasteiger partial charge is 0.328 e. The van der Waals surface area contributed by atoms with Crippen LogP contribution in [0.2, 0.25) is 0 Å². The lowest BCUT2D eigenvalue weighted by Crippen LogP contribution is -2.48. The molecule has 0 aromatic heterocycles. The van der Waals surface area contributed by atoms with Gasteiger partial charge in [0.15, 0.2) is 0 Å². The molecule has 6 atom stereocenters. The molecule has 1 saturated carbocycles. The fourth-order valence-electron chi connectivity index (χ4n) is 3.09. The highest BCUT2D eigenvalue weighted by atomic mass is 14.8. The smallest absolute Gasteiger partial charge is 0.0207 e. The van der Waals surface area contributed by atoms with Crippen molar-refractivity contribution >= 4 is 0 Å². The average molecular weight is 287 g/mol. The van der Waals surface area contributed by atoms with Crippen molar-refractivity contribution in [1.82, 2.24) is 0 Å². The van der Waals surface area contributed by atoms with Gasteiger partial charge in [-0.3, -0.25) is 0 Å². The molecular formula is C13H33N7. The molecule has 20 heavy (non-hydrogen) atoms. The molecule has 6 unspecified atom stereocenters. The van der Waals surface area contributed by atoms with Crippen LogP contribution in [0.3, 0.4) is 0 Å². The Kier molecular flexibility index (Phi) is 7.32. The maximum Gasteiger partial charge on any atom is 0.0207 e. The van der Waals surface area contributed by atoms with E-state index in [4.69, 9.17) is 40.1 Å². The molecule has 1 fully saturated rings. The SMILES string of the molecule is NC1CC(N)CC(N)CC(N)C(N)CC(N)CC(N)C1. The highest BCUT2D eigenvalue weighted by Gasteiger charge is 2.24. The van der Waals surface area contributed by atoms with Crippen LogP contribution < -0.4 is 40.1 Å². The maximum atomic E-state index is 6.10. The summed E-state index contributed by atoms with van der Waals surface area (Å²) in [4.78, 5) is 0. The van der Waals surface area contributed by atoms with Gasteiger partial charge in [0.25, 0.3) is 0 Å². The third-order valence-electron chi connectivity index (χ3n) is 4.12. The fraction of sp³-hybridized carbons (Fsp3) is 1.00. The van der Waals surface area contributed by atoms with Gasteiger partial charge in [-0.25, -0.2) is 0 Å². The molecular weight excluding hydrogens is 254 g/mol. The van der Waals surface area contributed by atoms with Gasteiger partial charge in [-0.2, -0.15) is 0 Å². The monoisotopic (exact) mass is 287 g/mol. The normalized spacial score (nSPS) is 46.0. The molecule has 0 saturated heterocycles. The van der Waals surface area contributed by atoms with E-state index in [2.05, 4.69) is 0 Å². The Labute approximate surface area is 121 Å². The Morgan fingerprint density at radius 3 is 0.800 bits per heavy atom. The first-order valence-corrected chi connectivity index (χ1v) is 7.57. The Hall–Kier alpha value is -0.280. The van der Waals surface area contributed by atoms with Gasteiger partial charge in [0.1, 0.15) is 0 Å². The topological polar surface area (TPSA) is 182 Å². The fourth-order valence-corrected chi connectivity index (χ4v) is 3.09. The van der Waals surface area contributed by atoms with Gasteiger partial charge in [-0.1, -0.05) is 0 Å². The Balaban J connectivity index is 2.69. The molecule has 0 spiro atoms. The van der Waals surface area contributed by atoms with Gasteiger partial charge in [0, 0.05) is 42.3 Å². The van der Waals surface area contributed by atoms with Crippen molar-refractivity contribution in [2.24, 2.45) is 40.1 Å². The summed E-state index contributed by atoms with van der Waals surface area (Å²) in [6.07, 6.45) is 4.16. The van der Waals surface area contributed by atoms with Gasteiger partial charge in [-0.15, -0.1) is 0 Å². The highest BCUT2D eigenvalue weighted by Crippen LogP contribution is 2.14. The molecule has 0 amide bonds. The molecule has 14 N–H and O–H groups in total. The summed E-state index contributed by atoms with van der Waals surface area (Å²) < 4.78 is 0. The summed E-state index contributed by atoms with van der Waals surface area (Å²) in [6.45, 7) is 0. The van der Waals surface area contributed by atoms with Crippen molar-refractivity contribution in [3.63, 3.8) is 0 Å². The maximum absolute atomic E-state index is 6.10. The van der Waals surface area contributed by atoms with Crippen LogP contribution in [-0.4, -0.2) is 42.3 Å². The second kappa shape index (κ2) is 8.23. The molecule has 0 bridgehead atoms. The Morgan fingerprint density at radius 2 is 0.550 bits per heavy atom. The predicted molar refractivity (Wildman–Crippen MR) is 83.5 cm³/mol. The lowest BCUT2D eigenvalue weighted by atomic mass is 9.92. The molecule has 0 aliphatic heterocycles. The molecule has 0 heterocycles. The van der Waals surface area contributed by atoms with Gasteiger partial charge in [0.05, 0.1) is 0 Å². The van der Waals surface area contributed by atoms with Gasteiger partial charge < -0.3 is 40.1 Å². The first-order valence-electron chi connectivity index (χ1n) is 7.57. The molecule has 0 radical (unpaired) electrons. The van der Waals surface area contributed by atoms with E-state index >= 15 is 0 Å². The van der Waals surface area contributed by atoms with Gasteiger partial charge >= 0.3 is 0 Å². The van der Waals surface area contributed by atoms with E-state index in [1.807, 2.05) is 0 Å². The number of rotatable bonds is 0. The van der Waals surface area contributed by atoms with Crippen molar-refractivity contribution in [3.8, 4) is 0 Å². The van der Waals surface area contributed by atoms with E-state index in [0.29, 0.717) is 25.7 Å². The zero-order valence-corrected chi connectivity index (χ0v) is 12.3. The molecule has 1 rings (SSSR count). The van der Waals surface area contributed by atoms with Crippen LogP contribution in [0.1, 0.15) is 38.5 Å². The second-order valence-electron chi connectivity index (χ2n) is 6.54. The minimum Gasteiger partial charge on any atom is -0.328 e. The first kappa shape index (κ1) is 17.8. The van der Waals surface area contributed by atoms with Crippen molar-refractivity contribution in [1.29, 1.82) is 0 Å². The average Bonchev–Trinajstić information content (AvgIpc) is 2.25. The summed E-state index contributed by atoms with van der Waals surface area (Å²) in [5.74, 6) is 0. The van der Waals surface area contributed by atoms with Crippen LogP contribution in [0.5, 0.6) is 0 Å². The standard InChI is InChI=1S/C13H33N7/c14-7-1-8(15)3-10(17)5-12(19)13(20)6-11(18)4-9(16)2-7/h7-13H,1-6,14-20H2. The van der Waals surface area contributed by atoms with Gasteiger partial charge in [-0.05, 0) is 38.5 Å². The van der Waals surface area contributed by atoms with Crippen molar-refractivity contribution < 1.29 is 0 Å². The third kappa shape index (κ3) is 6.45. The van der Waals surface area contributed by atoms with E-state index in [1.54, 1.807) is 0 Å².